The number of aromatic amines is 2. The Morgan fingerprint density at radius 1 is 0.788 bits per heavy atom. The summed E-state index contributed by atoms with van der Waals surface area (Å²) >= 11 is 0. The lowest BCUT2D eigenvalue weighted by atomic mass is 9.65. The van der Waals surface area contributed by atoms with Gasteiger partial charge in [-0.15, -0.1) is 10.2 Å². The summed E-state index contributed by atoms with van der Waals surface area (Å²) in [5.41, 5.74) is 14.3. The van der Waals surface area contributed by atoms with Crippen molar-refractivity contribution < 1.29 is 19.1 Å². The average Bonchev–Trinajstić information content (AvgIpc) is 4.19. The Balaban J connectivity index is 0.942. The molecule has 346 valence electrons. The van der Waals surface area contributed by atoms with Gasteiger partial charge in [0.25, 0.3) is 0 Å². The van der Waals surface area contributed by atoms with Gasteiger partial charge in [-0.1, -0.05) is 58.7 Å². The second kappa shape index (κ2) is 16.9. The Bertz CT molecular complexity index is 2700. The molecule has 3 N–H and O–H groups in total. The molecule has 5 aromatic rings. The van der Waals surface area contributed by atoms with Crippen molar-refractivity contribution in [3.05, 3.63) is 70.4 Å². The molecule has 66 heavy (non-hydrogen) atoms. The summed E-state index contributed by atoms with van der Waals surface area (Å²) in [5.74, 6) is 2.91. The number of ether oxygens (including phenoxy) is 1. The first kappa shape index (κ1) is 43.0. The van der Waals surface area contributed by atoms with E-state index in [9.17, 15) is 14.4 Å². The standard InChI is InChI=1S/C53H65N9O4/c1-29(2)24-43(63)61-22-8-11-42(61)50-55-38-19-16-33(25-39(38)56-50)47-44-31-12-14-32(15-13-31)45(44)48(60-59-47)35-18-17-34(36-26-53(27-37(35)36)20-6-7-21-53)40-28-54-49(57-40)41-10-9-23-62(41)51(64)46(30(3)4)58-52(65)66-5/h16-19,25,28-32,41-42,46H,6-15,20-24,26-27H2,1-5H3,(H,54,57)(H,55,56)(H,58,65)/t31?,32?,41-,42+,46+/m1/s1. The third kappa shape index (κ3) is 7.39. The molecular weight excluding hydrogens is 827 g/mol. The van der Waals surface area contributed by atoms with Crippen molar-refractivity contribution in [1.82, 2.24) is 45.2 Å². The van der Waals surface area contributed by atoms with E-state index in [-0.39, 0.29) is 35.2 Å². The van der Waals surface area contributed by atoms with Crippen LogP contribution in [0.15, 0.2) is 36.5 Å². The Labute approximate surface area is 387 Å². The molecule has 5 heterocycles. The molecule has 0 radical (unpaired) electrons. The Morgan fingerprint density at radius 3 is 2.14 bits per heavy atom. The van der Waals surface area contributed by atoms with Gasteiger partial charge in [-0.05, 0) is 141 Å². The number of carbonyl (C=O) groups excluding carboxylic acids is 3. The van der Waals surface area contributed by atoms with Gasteiger partial charge in [0, 0.05) is 36.2 Å². The normalized spacial score (nSPS) is 23.4. The van der Waals surface area contributed by atoms with Crippen molar-refractivity contribution in [2.75, 3.05) is 20.2 Å². The molecule has 2 bridgehead atoms. The molecule has 3 aromatic heterocycles. The fraction of sp³-hybridized carbons (Fsp3) is 0.566. The first-order valence-electron chi connectivity index (χ1n) is 25.0. The van der Waals surface area contributed by atoms with Crippen LogP contribution in [0.25, 0.3) is 44.8 Å². The van der Waals surface area contributed by atoms with Gasteiger partial charge >= 0.3 is 6.09 Å². The Kier molecular flexibility index (Phi) is 11.0. The molecule has 1 spiro atoms. The van der Waals surface area contributed by atoms with Crippen LogP contribution in [-0.2, 0) is 27.2 Å². The number of nitrogens with one attached hydrogen (secondary N) is 3. The quantitative estimate of drug-likeness (QED) is 0.125. The van der Waals surface area contributed by atoms with Crippen LogP contribution in [0.2, 0.25) is 0 Å². The number of hydrogen-bond donors (Lipinski definition) is 3. The number of amides is 3. The molecule has 3 amide bonds. The Morgan fingerprint density at radius 2 is 1.44 bits per heavy atom. The van der Waals surface area contributed by atoms with Gasteiger partial charge in [-0.25, -0.2) is 14.8 Å². The number of nitrogens with zero attached hydrogens (tertiary/aromatic N) is 6. The van der Waals surface area contributed by atoms with Crippen molar-refractivity contribution in [2.45, 2.75) is 154 Å². The maximum absolute atomic E-state index is 14.0. The zero-order valence-corrected chi connectivity index (χ0v) is 39.3. The van der Waals surface area contributed by atoms with Crippen molar-refractivity contribution in [2.24, 2.45) is 17.3 Å². The summed E-state index contributed by atoms with van der Waals surface area (Å²) < 4.78 is 4.86. The van der Waals surface area contributed by atoms with Gasteiger partial charge in [0.15, 0.2) is 0 Å². The molecule has 2 saturated carbocycles. The lowest BCUT2D eigenvalue weighted by Crippen LogP contribution is -2.51. The molecule has 3 atom stereocenters. The first-order valence-corrected chi connectivity index (χ1v) is 25.0. The maximum Gasteiger partial charge on any atom is 0.407 e. The van der Waals surface area contributed by atoms with Crippen molar-refractivity contribution in [1.29, 1.82) is 0 Å². The van der Waals surface area contributed by atoms with Gasteiger partial charge in [0.05, 0.1) is 53.5 Å². The summed E-state index contributed by atoms with van der Waals surface area (Å²) in [4.78, 5) is 60.7. The van der Waals surface area contributed by atoms with Crippen LogP contribution in [-0.4, -0.2) is 84.1 Å². The van der Waals surface area contributed by atoms with Crippen molar-refractivity contribution in [3.8, 4) is 33.8 Å². The minimum atomic E-state index is -0.682. The zero-order chi connectivity index (χ0) is 45.4. The van der Waals surface area contributed by atoms with E-state index in [0.717, 1.165) is 90.4 Å². The number of aromatic nitrogens is 6. The number of H-pyrrole nitrogens is 2. The van der Waals surface area contributed by atoms with E-state index in [1.807, 2.05) is 29.8 Å². The molecule has 2 aliphatic heterocycles. The summed E-state index contributed by atoms with van der Waals surface area (Å²) in [6.07, 6.45) is 17.4. The monoisotopic (exact) mass is 892 g/mol. The van der Waals surface area contributed by atoms with E-state index < -0.39 is 12.1 Å². The third-order valence-corrected chi connectivity index (χ3v) is 16.4. The number of methoxy groups -OCH3 is 1. The van der Waals surface area contributed by atoms with Gasteiger partial charge in [-0.3, -0.25) is 9.59 Å². The molecule has 0 unspecified atom stereocenters. The number of rotatable bonds is 10. The lowest BCUT2D eigenvalue weighted by Gasteiger charge is -2.40. The van der Waals surface area contributed by atoms with E-state index >= 15 is 0 Å². The van der Waals surface area contributed by atoms with E-state index in [4.69, 9.17) is 24.9 Å². The highest BCUT2D eigenvalue weighted by Gasteiger charge is 2.45. The van der Waals surface area contributed by atoms with Crippen LogP contribution in [0.4, 0.5) is 4.79 Å². The topological polar surface area (TPSA) is 162 Å². The predicted molar refractivity (Wildman–Crippen MR) is 253 cm³/mol. The van der Waals surface area contributed by atoms with E-state index in [1.165, 1.54) is 91.9 Å². The smallest absolute Gasteiger partial charge is 0.407 e. The van der Waals surface area contributed by atoms with Gasteiger partial charge in [-0.2, -0.15) is 0 Å². The van der Waals surface area contributed by atoms with Crippen LogP contribution in [0, 0.1) is 17.3 Å². The largest absolute Gasteiger partial charge is 0.453 e. The van der Waals surface area contributed by atoms with Gasteiger partial charge in [0.2, 0.25) is 11.8 Å². The first-order chi connectivity index (χ1) is 32.0. The molecule has 2 aromatic carbocycles. The van der Waals surface area contributed by atoms with Crippen LogP contribution in [0.3, 0.4) is 0 Å². The molecule has 13 heteroatoms. The fourth-order valence-electron chi connectivity index (χ4n) is 13.2. The average molecular weight is 892 g/mol. The number of hydrogen-bond acceptors (Lipinski definition) is 8. The SMILES string of the molecule is COC(=O)N[C@H](C(=O)N1CCC[C@@H]1c1ncc(-c2ccc(-c3nnc(-c4ccc5nc([C@@H]6CCCN6C(=O)CC(C)C)[nH]c5c4)c4c3C3CCC4CC3)c3c2CC2(CCCC2)C3)[nH]1)C(C)C. The van der Waals surface area contributed by atoms with Gasteiger partial charge < -0.3 is 29.8 Å². The second-order valence-corrected chi connectivity index (χ2v) is 21.4. The lowest BCUT2D eigenvalue weighted by molar-refractivity contribution is -0.135. The van der Waals surface area contributed by atoms with E-state index in [2.05, 4.69) is 59.5 Å². The number of benzene rings is 2. The summed E-state index contributed by atoms with van der Waals surface area (Å²) in [6, 6.07) is 10.2. The minimum absolute atomic E-state index is 0.0179. The fourth-order valence-corrected chi connectivity index (χ4v) is 13.2. The molecule has 13 nitrogen and oxygen atoms in total. The number of imidazole rings is 2. The highest BCUT2D eigenvalue weighted by molar-refractivity contribution is 5.87. The summed E-state index contributed by atoms with van der Waals surface area (Å²) in [6.45, 7) is 9.49. The van der Waals surface area contributed by atoms with Crippen molar-refractivity contribution >= 4 is 28.9 Å². The number of likely N-dealkylation sites (tertiary alicyclic amines) is 2. The number of fused-ring (bicyclic) bond motifs is 4. The van der Waals surface area contributed by atoms with Crippen LogP contribution in [0.1, 0.15) is 169 Å². The highest BCUT2D eigenvalue weighted by Crippen LogP contribution is 2.57. The molecule has 12 rings (SSSR count). The van der Waals surface area contributed by atoms with E-state index in [0.29, 0.717) is 30.7 Å². The molecular formula is C53H65N9O4. The zero-order valence-electron chi connectivity index (χ0n) is 39.3. The molecule has 5 aliphatic carbocycles. The molecule has 4 fully saturated rings. The number of alkyl carbamates (subject to hydrolysis) is 1. The van der Waals surface area contributed by atoms with E-state index in [1.54, 1.807) is 0 Å². The molecule has 7 aliphatic rings. The molecule has 2 saturated heterocycles. The van der Waals surface area contributed by atoms with Crippen LogP contribution < -0.4 is 5.32 Å². The second-order valence-electron chi connectivity index (χ2n) is 21.4. The highest BCUT2D eigenvalue weighted by atomic mass is 16.5. The maximum atomic E-state index is 14.0. The van der Waals surface area contributed by atoms with Crippen LogP contribution in [0.5, 0.6) is 0 Å². The van der Waals surface area contributed by atoms with Crippen LogP contribution >= 0.6 is 0 Å². The summed E-state index contributed by atoms with van der Waals surface area (Å²) in [5, 5.41) is 13.2. The predicted octanol–water partition coefficient (Wildman–Crippen LogP) is 10.2. The third-order valence-electron chi connectivity index (χ3n) is 16.4. The minimum Gasteiger partial charge on any atom is -0.453 e. The number of carbonyl (C=O) groups is 3. The Hall–Kier alpha value is -5.59. The summed E-state index contributed by atoms with van der Waals surface area (Å²) in [7, 11) is 1.32. The van der Waals surface area contributed by atoms with Crippen molar-refractivity contribution in [3.63, 3.8) is 0 Å². The van der Waals surface area contributed by atoms with Gasteiger partial charge in [0.1, 0.15) is 17.7 Å².